The SMILES string of the molecule is CC1=NN(c2ccc3ccc4ccc(-c5cccc6ccccc56)nc4c3n2)C(O)(c2ccccc2)C1. The second-order valence-electron chi connectivity index (χ2n) is 9.61. The molecule has 0 radical (unpaired) electrons. The van der Waals surface area contributed by atoms with Gasteiger partial charge in [0.2, 0.25) is 0 Å². The molecule has 2 aromatic heterocycles. The number of rotatable bonds is 3. The van der Waals surface area contributed by atoms with Crippen LogP contribution >= 0.6 is 0 Å². The summed E-state index contributed by atoms with van der Waals surface area (Å²) in [4.78, 5) is 10.2. The zero-order valence-corrected chi connectivity index (χ0v) is 20.3. The number of nitrogens with zero attached hydrogens (tertiary/aromatic N) is 4. The van der Waals surface area contributed by atoms with Gasteiger partial charge in [0.1, 0.15) is 0 Å². The maximum Gasteiger partial charge on any atom is 0.191 e. The van der Waals surface area contributed by atoms with Gasteiger partial charge in [-0.05, 0) is 35.9 Å². The van der Waals surface area contributed by atoms with E-state index in [0.717, 1.165) is 44.3 Å². The van der Waals surface area contributed by atoms with Gasteiger partial charge in [-0.3, -0.25) is 0 Å². The molecule has 1 aliphatic rings. The fourth-order valence-electron chi connectivity index (χ4n) is 5.36. The van der Waals surface area contributed by atoms with Crippen LogP contribution in [0.15, 0.2) is 114 Å². The average Bonchev–Trinajstić information content (AvgIpc) is 3.27. The van der Waals surface area contributed by atoms with Crippen LogP contribution in [0.1, 0.15) is 18.9 Å². The number of pyridine rings is 2. The van der Waals surface area contributed by atoms with Crippen LogP contribution in [0.25, 0.3) is 43.8 Å². The second-order valence-corrected chi connectivity index (χ2v) is 9.61. The van der Waals surface area contributed by atoms with Crippen molar-refractivity contribution in [2.24, 2.45) is 5.10 Å². The van der Waals surface area contributed by atoms with E-state index < -0.39 is 5.72 Å². The Balaban J connectivity index is 1.42. The molecule has 3 heterocycles. The standard InChI is InChI=1S/C32H24N4O/c1-21-20-32(37,25-10-3-2-4-11-25)36(35-21)29-19-17-24-15-14-23-16-18-28(33-30(23)31(24)34-29)27-13-7-9-22-8-5-6-12-26(22)27/h2-19,37H,20H2,1H3. The van der Waals surface area contributed by atoms with Gasteiger partial charge in [0.05, 0.1) is 16.7 Å². The first kappa shape index (κ1) is 21.7. The molecule has 0 amide bonds. The molecule has 1 atom stereocenters. The highest BCUT2D eigenvalue weighted by molar-refractivity contribution is 6.05. The lowest BCUT2D eigenvalue weighted by atomic mass is 9.98. The molecule has 0 aliphatic carbocycles. The smallest absolute Gasteiger partial charge is 0.191 e. The molecule has 0 spiro atoms. The summed E-state index contributed by atoms with van der Waals surface area (Å²) in [5, 5.41) is 22.5. The van der Waals surface area contributed by atoms with E-state index in [2.05, 4.69) is 66.7 Å². The lowest BCUT2D eigenvalue weighted by molar-refractivity contribution is 0.0486. The Morgan fingerprint density at radius 2 is 1.35 bits per heavy atom. The van der Waals surface area contributed by atoms with E-state index in [0.29, 0.717) is 12.2 Å². The molecule has 178 valence electrons. The third kappa shape index (κ3) is 3.47. The van der Waals surface area contributed by atoms with Crippen LogP contribution in [0.2, 0.25) is 0 Å². The van der Waals surface area contributed by atoms with Crippen molar-refractivity contribution in [3.63, 3.8) is 0 Å². The van der Waals surface area contributed by atoms with Gasteiger partial charge < -0.3 is 5.11 Å². The molecule has 0 saturated carbocycles. The predicted molar refractivity (Wildman–Crippen MR) is 151 cm³/mol. The van der Waals surface area contributed by atoms with Gasteiger partial charge in [-0.15, -0.1) is 0 Å². The fraction of sp³-hybridized carbons (Fsp3) is 0.0938. The molecule has 1 unspecified atom stereocenters. The Labute approximate surface area is 214 Å². The molecule has 5 nitrogen and oxygen atoms in total. The summed E-state index contributed by atoms with van der Waals surface area (Å²) in [5.41, 5.74) is 3.94. The lowest BCUT2D eigenvalue weighted by Crippen LogP contribution is -2.40. The van der Waals surface area contributed by atoms with Gasteiger partial charge >= 0.3 is 0 Å². The summed E-state index contributed by atoms with van der Waals surface area (Å²) in [6.07, 6.45) is 0.412. The summed E-state index contributed by atoms with van der Waals surface area (Å²) >= 11 is 0. The number of benzene rings is 4. The Kier molecular flexibility index (Phi) is 4.81. The highest BCUT2D eigenvalue weighted by Gasteiger charge is 2.42. The molecule has 0 bridgehead atoms. The molecule has 7 rings (SSSR count). The van der Waals surface area contributed by atoms with Crippen molar-refractivity contribution in [3.8, 4) is 11.3 Å². The van der Waals surface area contributed by atoms with Gasteiger partial charge in [0.25, 0.3) is 0 Å². The monoisotopic (exact) mass is 480 g/mol. The van der Waals surface area contributed by atoms with Crippen LogP contribution in [0.5, 0.6) is 0 Å². The predicted octanol–water partition coefficient (Wildman–Crippen LogP) is 7.03. The van der Waals surface area contributed by atoms with Crippen LogP contribution in [0.4, 0.5) is 5.82 Å². The van der Waals surface area contributed by atoms with E-state index in [1.54, 1.807) is 5.01 Å². The molecule has 1 N–H and O–H groups in total. The largest absolute Gasteiger partial charge is 0.365 e. The Morgan fingerprint density at radius 3 is 2.19 bits per heavy atom. The van der Waals surface area contributed by atoms with Crippen LogP contribution < -0.4 is 5.01 Å². The van der Waals surface area contributed by atoms with E-state index in [4.69, 9.17) is 15.1 Å². The van der Waals surface area contributed by atoms with Gasteiger partial charge in [-0.25, -0.2) is 15.0 Å². The molecule has 37 heavy (non-hydrogen) atoms. The van der Waals surface area contributed by atoms with E-state index >= 15 is 0 Å². The number of hydrogen-bond acceptors (Lipinski definition) is 5. The first-order valence-corrected chi connectivity index (χ1v) is 12.4. The van der Waals surface area contributed by atoms with Gasteiger partial charge in [0, 0.05) is 34.0 Å². The van der Waals surface area contributed by atoms with Crippen molar-refractivity contribution >= 4 is 44.1 Å². The minimum Gasteiger partial charge on any atom is -0.365 e. The zero-order chi connectivity index (χ0) is 25.0. The van der Waals surface area contributed by atoms with Crippen LogP contribution in [-0.2, 0) is 5.72 Å². The first-order valence-electron chi connectivity index (χ1n) is 12.4. The lowest BCUT2D eigenvalue weighted by Gasteiger charge is -2.32. The summed E-state index contributed by atoms with van der Waals surface area (Å²) < 4.78 is 0. The van der Waals surface area contributed by atoms with E-state index in [9.17, 15) is 5.11 Å². The Hall–Kier alpha value is -4.61. The van der Waals surface area contributed by atoms with Gasteiger partial charge in [-0.2, -0.15) is 5.10 Å². The highest BCUT2D eigenvalue weighted by Crippen LogP contribution is 2.39. The molecular formula is C32H24N4O. The fourth-order valence-corrected chi connectivity index (χ4v) is 5.36. The van der Waals surface area contributed by atoms with Crippen molar-refractivity contribution in [3.05, 3.63) is 115 Å². The van der Waals surface area contributed by atoms with Crippen molar-refractivity contribution < 1.29 is 5.11 Å². The summed E-state index contributed by atoms with van der Waals surface area (Å²) in [5.74, 6) is 0.584. The van der Waals surface area contributed by atoms with Crippen molar-refractivity contribution in [2.45, 2.75) is 19.1 Å². The van der Waals surface area contributed by atoms with E-state index in [-0.39, 0.29) is 0 Å². The number of aromatic nitrogens is 2. The van der Waals surface area contributed by atoms with Crippen molar-refractivity contribution in [2.75, 3.05) is 5.01 Å². The van der Waals surface area contributed by atoms with Crippen molar-refractivity contribution in [1.29, 1.82) is 0 Å². The third-order valence-corrected chi connectivity index (χ3v) is 7.15. The topological polar surface area (TPSA) is 61.6 Å². The molecule has 4 aromatic carbocycles. The normalized spacial score (nSPS) is 17.6. The summed E-state index contributed by atoms with van der Waals surface area (Å²) in [6, 6.07) is 36.6. The zero-order valence-electron chi connectivity index (χ0n) is 20.3. The number of aliphatic hydroxyl groups is 1. The van der Waals surface area contributed by atoms with E-state index in [1.807, 2.05) is 49.4 Å². The third-order valence-electron chi connectivity index (χ3n) is 7.15. The van der Waals surface area contributed by atoms with Crippen molar-refractivity contribution in [1.82, 2.24) is 9.97 Å². The first-order chi connectivity index (χ1) is 18.1. The molecule has 5 heteroatoms. The number of fused-ring (bicyclic) bond motifs is 4. The summed E-state index contributed by atoms with van der Waals surface area (Å²) in [6.45, 7) is 1.93. The van der Waals surface area contributed by atoms with Crippen LogP contribution in [0.3, 0.4) is 0 Å². The van der Waals surface area contributed by atoms with Gasteiger partial charge in [0.15, 0.2) is 11.5 Å². The number of hydrazone groups is 1. The average molecular weight is 481 g/mol. The van der Waals surface area contributed by atoms with E-state index in [1.165, 1.54) is 10.8 Å². The minimum atomic E-state index is -1.29. The minimum absolute atomic E-state index is 0.412. The molecule has 0 fully saturated rings. The number of anilines is 1. The molecular weight excluding hydrogens is 456 g/mol. The van der Waals surface area contributed by atoms with Crippen LogP contribution in [0, 0.1) is 0 Å². The molecule has 6 aromatic rings. The molecule has 0 saturated heterocycles. The number of hydrogen-bond donors (Lipinski definition) is 1. The Bertz CT molecular complexity index is 1840. The maximum absolute atomic E-state index is 11.8. The summed E-state index contributed by atoms with van der Waals surface area (Å²) in [7, 11) is 0. The van der Waals surface area contributed by atoms with Crippen LogP contribution in [-0.4, -0.2) is 20.8 Å². The maximum atomic E-state index is 11.8. The Morgan fingerprint density at radius 1 is 0.676 bits per heavy atom. The molecule has 1 aliphatic heterocycles. The quantitative estimate of drug-likeness (QED) is 0.276. The second kappa shape index (κ2) is 8.22. The highest BCUT2D eigenvalue weighted by atomic mass is 16.3. The van der Waals surface area contributed by atoms with Gasteiger partial charge in [-0.1, -0.05) is 91.0 Å².